The van der Waals surface area contributed by atoms with E-state index in [1.807, 2.05) is 0 Å². The van der Waals surface area contributed by atoms with Crippen molar-refractivity contribution >= 4 is 11.9 Å². The average molecular weight is 337 g/mol. The Hall–Kier alpha value is -1.30. The molecule has 3 atom stereocenters. The lowest BCUT2D eigenvalue weighted by Gasteiger charge is -2.55. The number of carbonyl (C=O) groups is 1. The minimum atomic E-state index is -0.0809. The summed E-state index contributed by atoms with van der Waals surface area (Å²) in [6, 6.07) is 0.411. The summed E-state index contributed by atoms with van der Waals surface area (Å²) >= 11 is 0. The van der Waals surface area contributed by atoms with E-state index < -0.39 is 0 Å². The third-order valence-electron chi connectivity index (χ3n) is 6.02. The number of esters is 1. The van der Waals surface area contributed by atoms with Crippen molar-refractivity contribution in [2.75, 3.05) is 33.4 Å². The summed E-state index contributed by atoms with van der Waals surface area (Å²) in [5.41, 5.74) is 0.139. The van der Waals surface area contributed by atoms with Gasteiger partial charge in [-0.05, 0) is 26.2 Å². The van der Waals surface area contributed by atoms with E-state index in [0.29, 0.717) is 18.1 Å². The molecule has 2 aliphatic heterocycles. The molecule has 0 aromatic heterocycles. The second-order valence-electron chi connectivity index (χ2n) is 7.77. The third kappa shape index (κ3) is 3.01. The molecule has 1 saturated carbocycles. The number of guanidine groups is 1. The number of nitrogens with zero attached hydrogens (tertiary/aromatic N) is 2. The number of aliphatic imine (C=N–C) groups is 1. The van der Waals surface area contributed by atoms with Gasteiger partial charge >= 0.3 is 5.97 Å². The van der Waals surface area contributed by atoms with Gasteiger partial charge < -0.3 is 19.7 Å². The minimum Gasteiger partial charge on any atom is -0.469 e. The number of methoxy groups -OCH3 is 1. The van der Waals surface area contributed by atoms with Gasteiger partial charge in [-0.15, -0.1) is 0 Å². The topological polar surface area (TPSA) is 63.2 Å². The summed E-state index contributed by atoms with van der Waals surface area (Å²) in [6.07, 6.45) is 3.18. The van der Waals surface area contributed by atoms with Crippen LogP contribution in [0.4, 0.5) is 0 Å². The van der Waals surface area contributed by atoms with E-state index in [1.54, 1.807) is 0 Å². The predicted molar refractivity (Wildman–Crippen MR) is 92.8 cm³/mol. The van der Waals surface area contributed by atoms with Crippen molar-refractivity contribution in [1.82, 2.24) is 10.2 Å². The maximum absolute atomic E-state index is 11.7. The molecule has 3 fully saturated rings. The van der Waals surface area contributed by atoms with Crippen molar-refractivity contribution < 1.29 is 14.3 Å². The van der Waals surface area contributed by atoms with Crippen LogP contribution in [0, 0.1) is 17.3 Å². The SMILES string of the molecule is CCN=C(NC1C2CCOC2C1(C)C)N1CCC(C(=O)OC)CC1. The first-order valence-electron chi connectivity index (χ1n) is 9.24. The number of carbonyl (C=O) groups excluding carboxylic acids is 1. The Morgan fingerprint density at radius 2 is 2.04 bits per heavy atom. The molecule has 24 heavy (non-hydrogen) atoms. The van der Waals surface area contributed by atoms with Gasteiger partial charge in [0, 0.05) is 43.6 Å². The number of hydrogen-bond donors (Lipinski definition) is 1. The maximum Gasteiger partial charge on any atom is 0.308 e. The number of ether oxygens (including phenoxy) is 2. The summed E-state index contributed by atoms with van der Waals surface area (Å²) in [5, 5.41) is 3.72. The molecule has 3 rings (SSSR count). The monoisotopic (exact) mass is 337 g/mol. The molecule has 136 valence electrons. The van der Waals surface area contributed by atoms with E-state index in [9.17, 15) is 4.79 Å². The average Bonchev–Trinajstić information content (AvgIpc) is 3.05. The van der Waals surface area contributed by atoms with Gasteiger partial charge in [-0.25, -0.2) is 0 Å². The number of likely N-dealkylation sites (tertiary alicyclic amines) is 1. The van der Waals surface area contributed by atoms with Crippen LogP contribution in [0.5, 0.6) is 0 Å². The summed E-state index contributed by atoms with van der Waals surface area (Å²) in [6.45, 7) is 9.97. The van der Waals surface area contributed by atoms with Gasteiger partial charge in [0.25, 0.3) is 0 Å². The highest BCUT2D eigenvalue weighted by Crippen LogP contribution is 2.52. The fraction of sp³-hybridized carbons (Fsp3) is 0.889. The van der Waals surface area contributed by atoms with Gasteiger partial charge in [0.1, 0.15) is 0 Å². The smallest absolute Gasteiger partial charge is 0.308 e. The second kappa shape index (κ2) is 6.90. The van der Waals surface area contributed by atoms with E-state index in [0.717, 1.165) is 51.5 Å². The summed E-state index contributed by atoms with van der Waals surface area (Å²) < 4.78 is 10.8. The molecular weight excluding hydrogens is 306 g/mol. The van der Waals surface area contributed by atoms with Crippen molar-refractivity contribution in [3.63, 3.8) is 0 Å². The summed E-state index contributed by atoms with van der Waals surface area (Å²) in [4.78, 5) is 18.7. The van der Waals surface area contributed by atoms with Gasteiger partial charge in [-0.1, -0.05) is 13.8 Å². The largest absolute Gasteiger partial charge is 0.469 e. The Kier molecular flexibility index (Phi) is 5.04. The van der Waals surface area contributed by atoms with Crippen LogP contribution in [0.25, 0.3) is 0 Å². The van der Waals surface area contributed by atoms with Crippen molar-refractivity contribution in [1.29, 1.82) is 0 Å². The molecule has 0 radical (unpaired) electrons. The predicted octanol–water partition coefficient (Wildman–Crippen LogP) is 1.65. The highest BCUT2D eigenvalue weighted by molar-refractivity contribution is 5.81. The van der Waals surface area contributed by atoms with Crippen LogP contribution in [0.3, 0.4) is 0 Å². The third-order valence-corrected chi connectivity index (χ3v) is 6.02. The molecule has 0 aromatic rings. The zero-order valence-corrected chi connectivity index (χ0v) is 15.4. The lowest BCUT2D eigenvalue weighted by molar-refractivity contribution is -0.146. The molecular formula is C18H31N3O3. The highest BCUT2D eigenvalue weighted by atomic mass is 16.5. The highest BCUT2D eigenvalue weighted by Gasteiger charge is 2.59. The normalized spacial score (nSPS) is 32.9. The fourth-order valence-corrected chi connectivity index (χ4v) is 4.64. The Morgan fingerprint density at radius 3 is 2.67 bits per heavy atom. The van der Waals surface area contributed by atoms with Gasteiger partial charge in [-0.3, -0.25) is 9.79 Å². The molecule has 0 aromatic carbocycles. The molecule has 0 bridgehead atoms. The number of rotatable bonds is 3. The fourth-order valence-electron chi connectivity index (χ4n) is 4.64. The van der Waals surface area contributed by atoms with Crippen molar-refractivity contribution in [3.8, 4) is 0 Å². The summed E-state index contributed by atoms with van der Waals surface area (Å²) in [7, 11) is 1.47. The molecule has 1 aliphatic carbocycles. The molecule has 1 N–H and O–H groups in total. The first-order chi connectivity index (χ1) is 11.5. The van der Waals surface area contributed by atoms with E-state index in [2.05, 4.69) is 31.0 Å². The van der Waals surface area contributed by atoms with E-state index >= 15 is 0 Å². The number of piperidine rings is 1. The van der Waals surface area contributed by atoms with Crippen molar-refractivity contribution in [2.45, 2.75) is 52.2 Å². The van der Waals surface area contributed by atoms with Crippen LogP contribution in [0.1, 0.15) is 40.0 Å². The second-order valence-corrected chi connectivity index (χ2v) is 7.77. The first kappa shape index (κ1) is 17.5. The van der Waals surface area contributed by atoms with Gasteiger partial charge in [0.2, 0.25) is 0 Å². The van der Waals surface area contributed by atoms with Crippen LogP contribution in [0.2, 0.25) is 0 Å². The lowest BCUT2D eigenvalue weighted by Crippen LogP contribution is -2.68. The quantitative estimate of drug-likeness (QED) is 0.482. The van der Waals surface area contributed by atoms with Crippen LogP contribution in [0.15, 0.2) is 4.99 Å². The van der Waals surface area contributed by atoms with Crippen LogP contribution in [-0.2, 0) is 14.3 Å². The Balaban J connectivity index is 1.62. The molecule has 6 nitrogen and oxygen atoms in total. The zero-order valence-electron chi connectivity index (χ0n) is 15.4. The molecule has 3 aliphatic rings. The standard InChI is InChI=1S/C18H31N3O3/c1-5-19-17(21-9-6-12(7-10-21)16(22)23-4)20-14-13-8-11-24-15(13)18(14,2)3/h12-15H,5-11H2,1-4H3,(H,19,20). The number of hydrogen-bond acceptors (Lipinski definition) is 4. The van der Waals surface area contributed by atoms with E-state index in [4.69, 9.17) is 14.5 Å². The van der Waals surface area contributed by atoms with Gasteiger partial charge in [0.15, 0.2) is 5.96 Å². The van der Waals surface area contributed by atoms with Crippen LogP contribution in [-0.4, -0.2) is 62.3 Å². The molecule has 0 spiro atoms. The molecule has 2 heterocycles. The summed E-state index contributed by atoms with van der Waals surface area (Å²) in [5.74, 6) is 1.53. The first-order valence-corrected chi connectivity index (χ1v) is 9.24. The van der Waals surface area contributed by atoms with Crippen molar-refractivity contribution in [2.24, 2.45) is 22.2 Å². The molecule has 2 saturated heterocycles. The van der Waals surface area contributed by atoms with Crippen LogP contribution >= 0.6 is 0 Å². The molecule has 3 unspecified atom stereocenters. The maximum atomic E-state index is 11.7. The minimum absolute atomic E-state index is 0.0295. The zero-order chi connectivity index (χ0) is 17.3. The number of nitrogens with one attached hydrogen (secondary N) is 1. The van der Waals surface area contributed by atoms with Crippen molar-refractivity contribution in [3.05, 3.63) is 0 Å². The lowest BCUT2D eigenvalue weighted by atomic mass is 9.57. The van der Waals surface area contributed by atoms with E-state index in [-0.39, 0.29) is 17.3 Å². The van der Waals surface area contributed by atoms with Crippen LogP contribution < -0.4 is 5.32 Å². The Bertz CT molecular complexity index is 498. The molecule has 6 heteroatoms. The Labute approximate surface area is 145 Å². The Morgan fingerprint density at radius 1 is 1.33 bits per heavy atom. The van der Waals surface area contributed by atoms with Gasteiger partial charge in [-0.2, -0.15) is 0 Å². The molecule has 0 amide bonds. The van der Waals surface area contributed by atoms with Gasteiger partial charge in [0.05, 0.1) is 19.1 Å². The van der Waals surface area contributed by atoms with E-state index in [1.165, 1.54) is 7.11 Å². The number of fused-ring (bicyclic) bond motifs is 1.